The molecule has 8 heteroatoms. The summed E-state index contributed by atoms with van der Waals surface area (Å²) in [5.74, 6) is 0.934. The molecular weight excluding hydrogens is 411 g/mol. The maximum absolute atomic E-state index is 14.5. The van der Waals surface area contributed by atoms with E-state index in [9.17, 15) is 9.50 Å². The van der Waals surface area contributed by atoms with Crippen LogP contribution in [0.25, 0.3) is 22.4 Å². The molecule has 1 aliphatic heterocycles. The summed E-state index contributed by atoms with van der Waals surface area (Å²) in [4.78, 5) is 7.01. The average molecular weight is 434 g/mol. The molecule has 2 N–H and O–H groups in total. The Bertz CT molecular complexity index is 1190. The van der Waals surface area contributed by atoms with Gasteiger partial charge in [0, 0.05) is 37.8 Å². The van der Waals surface area contributed by atoms with Crippen molar-refractivity contribution >= 4 is 5.82 Å². The van der Waals surface area contributed by atoms with Gasteiger partial charge in [-0.05, 0) is 29.8 Å². The van der Waals surface area contributed by atoms with E-state index in [4.69, 9.17) is 19.7 Å². The fourth-order valence-electron chi connectivity index (χ4n) is 3.81. The number of piperazine rings is 1. The van der Waals surface area contributed by atoms with Crippen LogP contribution in [0.15, 0.2) is 42.5 Å². The predicted octanol–water partition coefficient (Wildman–Crippen LogP) is 3.56. The molecule has 2 heterocycles. The SMILES string of the molecule is COc1ccc(-c2c(OC)cc(N3CCNCC3)nc2-c2ccc(C#N)c(F)c2)cc1O. The second-order valence-corrected chi connectivity index (χ2v) is 7.34. The zero-order valence-corrected chi connectivity index (χ0v) is 17.9. The fourth-order valence-corrected chi connectivity index (χ4v) is 3.81. The summed E-state index contributed by atoms with van der Waals surface area (Å²) in [6, 6.07) is 13.1. The number of ether oxygens (including phenoxy) is 2. The van der Waals surface area contributed by atoms with Crippen LogP contribution in [-0.2, 0) is 0 Å². The van der Waals surface area contributed by atoms with Gasteiger partial charge in [0.25, 0.3) is 0 Å². The van der Waals surface area contributed by atoms with Crippen molar-refractivity contribution in [3.8, 4) is 45.7 Å². The number of methoxy groups -OCH3 is 2. The summed E-state index contributed by atoms with van der Waals surface area (Å²) in [6.45, 7) is 3.22. The van der Waals surface area contributed by atoms with Crippen molar-refractivity contribution in [1.82, 2.24) is 10.3 Å². The number of halogens is 1. The van der Waals surface area contributed by atoms with E-state index in [-0.39, 0.29) is 11.3 Å². The number of phenolic OH excluding ortho intramolecular Hbond substituents is 1. The molecule has 0 atom stereocenters. The van der Waals surface area contributed by atoms with Crippen LogP contribution in [0.4, 0.5) is 10.2 Å². The normalized spacial score (nSPS) is 13.5. The number of anilines is 1. The number of rotatable bonds is 5. The summed E-state index contributed by atoms with van der Waals surface area (Å²) in [6.07, 6.45) is 0. The third-order valence-corrected chi connectivity index (χ3v) is 5.46. The number of pyridine rings is 1. The molecule has 2 aromatic carbocycles. The molecule has 164 valence electrons. The lowest BCUT2D eigenvalue weighted by Crippen LogP contribution is -2.43. The van der Waals surface area contributed by atoms with Crippen molar-refractivity contribution < 1.29 is 19.0 Å². The summed E-state index contributed by atoms with van der Waals surface area (Å²) >= 11 is 0. The van der Waals surface area contributed by atoms with E-state index in [1.54, 1.807) is 31.4 Å². The Morgan fingerprint density at radius 1 is 1.03 bits per heavy atom. The summed E-state index contributed by atoms with van der Waals surface area (Å²) in [5, 5.41) is 22.8. The minimum absolute atomic E-state index is 0.0322. The van der Waals surface area contributed by atoms with Crippen molar-refractivity contribution in [2.75, 3.05) is 45.3 Å². The molecular formula is C24H23FN4O3. The van der Waals surface area contributed by atoms with Crippen molar-refractivity contribution in [2.45, 2.75) is 0 Å². The zero-order chi connectivity index (χ0) is 22.7. The van der Waals surface area contributed by atoms with Gasteiger partial charge < -0.3 is 24.8 Å². The monoisotopic (exact) mass is 434 g/mol. The van der Waals surface area contributed by atoms with E-state index >= 15 is 0 Å². The smallest absolute Gasteiger partial charge is 0.160 e. The number of phenols is 1. The topological polar surface area (TPSA) is 90.6 Å². The molecule has 4 rings (SSSR count). The standard InChI is InChI=1S/C24H23FN4O3/c1-31-20-6-5-15(12-19(20)30)23-21(32-2)13-22(29-9-7-27-8-10-29)28-24(23)16-3-4-17(14-26)18(25)11-16/h3-6,11-13,27,30H,7-10H2,1-2H3. The number of hydrogen-bond donors (Lipinski definition) is 2. The van der Waals surface area contributed by atoms with Gasteiger partial charge in [-0.15, -0.1) is 0 Å². The second kappa shape index (κ2) is 9.12. The molecule has 7 nitrogen and oxygen atoms in total. The van der Waals surface area contributed by atoms with E-state index in [0.29, 0.717) is 39.7 Å². The van der Waals surface area contributed by atoms with Crippen LogP contribution in [0.2, 0.25) is 0 Å². The van der Waals surface area contributed by atoms with Crippen LogP contribution in [-0.4, -0.2) is 50.5 Å². The van der Waals surface area contributed by atoms with Crippen molar-refractivity contribution in [1.29, 1.82) is 5.26 Å². The second-order valence-electron chi connectivity index (χ2n) is 7.34. The van der Waals surface area contributed by atoms with Gasteiger partial charge in [0.1, 0.15) is 23.5 Å². The molecule has 3 aromatic rings. The highest BCUT2D eigenvalue weighted by Crippen LogP contribution is 2.43. The summed E-state index contributed by atoms with van der Waals surface area (Å²) in [5.41, 5.74) is 2.20. The van der Waals surface area contributed by atoms with Crippen molar-refractivity contribution in [3.05, 3.63) is 53.8 Å². The first-order valence-corrected chi connectivity index (χ1v) is 10.2. The molecule has 1 fully saturated rings. The number of nitriles is 1. The molecule has 1 aliphatic rings. The first kappa shape index (κ1) is 21.4. The quantitative estimate of drug-likeness (QED) is 0.635. The number of nitrogens with zero attached hydrogens (tertiary/aromatic N) is 3. The third-order valence-electron chi connectivity index (χ3n) is 5.46. The lowest BCUT2D eigenvalue weighted by molar-refractivity contribution is 0.373. The van der Waals surface area contributed by atoms with Gasteiger partial charge in [-0.25, -0.2) is 9.37 Å². The van der Waals surface area contributed by atoms with Gasteiger partial charge in [0.05, 0.1) is 31.0 Å². The van der Waals surface area contributed by atoms with Crippen LogP contribution < -0.4 is 19.7 Å². The first-order valence-electron chi connectivity index (χ1n) is 10.2. The molecule has 1 saturated heterocycles. The third kappa shape index (κ3) is 4.03. The Morgan fingerprint density at radius 3 is 2.38 bits per heavy atom. The molecule has 0 bridgehead atoms. The van der Waals surface area contributed by atoms with E-state index in [2.05, 4.69) is 10.2 Å². The van der Waals surface area contributed by atoms with Crippen LogP contribution in [0.3, 0.4) is 0 Å². The van der Waals surface area contributed by atoms with Gasteiger partial charge in [0.2, 0.25) is 0 Å². The Hall–Kier alpha value is -3.83. The Morgan fingerprint density at radius 2 is 1.75 bits per heavy atom. The Balaban J connectivity index is 1.95. The maximum atomic E-state index is 14.5. The highest BCUT2D eigenvalue weighted by atomic mass is 19.1. The highest BCUT2D eigenvalue weighted by molar-refractivity contribution is 5.87. The van der Waals surface area contributed by atoms with E-state index in [0.717, 1.165) is 26.2 Å². The number of nitrogens with one attached hydrogen (secondary N) is 1. The van der Waals surface area contributed by atoms with Gasteiger partial charge in [-0.1, -0.05) is 12.1 Å². The number of aromatic hydroxyl groups is 1. The van der Waals surface area contributed by atoms with Gasteiger partial charge in [0.15, 0.2) is 11.5 Å². The molecule has 0 radical (unpaired) electrons. The summed E-state index contributed by atoms with van der Waals surface area (Å²) < 4.78 is 25.4. The van der Waals surface area contributed by atoms with Crippen molar-refractivity contribution in [3.63, 3.8) is 0 Å². The Kier molecular flexibility index (Phi) is 6.10. The van der Waals surface area contributed by atoms with Crippen LogP contribution in [0.1, 0.15) is 5.56 Å². The van der Waals surface area contributed by atoms with E-state index in [1.807, 2.05) is 12.1 Å². The number of benzene rings is 2. The van der Waals surface area contributed by atoms with Gasteiger partial charge in [-0.2, -0.15) is 5.26 Å². The van der Waals surface area contributed by atoms with Gasteiger partial charge in [-0.3, -0.25) is 0 Å². The zero-order valence-electron chi connectivity index (χ0n) is 17.9. The van der Waals surface area contributed by atoms with Crippen molar-refractivity contribution in [2.24, 2.45) is 0 Å². The minimum Gasteiger partial charge on any atom is -0.504 e. The maximum Gasteiger partial charge on any atom is 0.160 e. The molecule has 1 aromatic heterocycles. The predicted molar refractivity (Wildman–Crippen MR) is 120 cm³/mol. The van der Waals surface area contributed by atoms with E-state index < -0.39 is 5.82 Å². The fraction of sp³-hybridized carbons (Fsp3) is 0.250. The first-order chi connectivity index (χ1) is 15.5. The minimum atomic E-state index is -0.623. The average Bonchev–Trinajstić information content (AvgIpc) is 2.83. The molecule has 0 spiro atoms. The largest absolute Gasteiger partial charge is 0.504 e. The number of aromatic nitrogens is 1. The molecule has 0 saturated carbocycles. The molecule has 32 heavy (non-hydrogen) atoms. The lowest BCUT2D eigenvalue weighted by Gasteiger charge is -2.29. The molecule has 0 aliphatic carbocycles. The molecule has 0 unspecified atom stereocenters. The van der Waals surface area contributed by atoms with Crippen LogP contribution in [0.5, 0.6) is 17.2 Å². The molecule has 0 amide bonds. The van der Waals surface area contributed by atoms with Crippen LogP contribution in [0, 0.1) is 17.1 Å². The number of hydrogen-bond acceptors (Lipinski definition) is 7. The van der Waals surface area contributed by atoms with E-state index in [1.165, 1.54) is 19.2 Å². The van der Waals surface area contributed by atoms with Crippen LogP contribution >= 0.6 is 0 Å². The van der Waals surface area contributed by atoms with Gasteiger partial charge >= 0.3 is 0 Å². The highest BCUT2D eigenvalue weighted by Gasteiger charge is 2.22. The lowest BCUT2D eigenvalue weighted by atomic mass is 9.97. The summed E-state index contributed by atoms with van der Waals surface area (Å²) in [7, 11) is 3.04. The Labute approximate surface area is 185 Å².